The van der Waals surface area contributed by atoms with Crippen LogP contribution in [0.4, 0.5) is 4.79 Å². The molecule has 116 valence electrons. The maximum atomic E-state index is 12.2. The van der Waals surface area contributed by atoms with E-state index in [9.17, 15) is 4.79 Å². The maximum absolute atomic E-state index is 12.2. The lowest BCUT2D eigenvalue weighted by molar-refractivity contribution is 0.127. The van der Waals surface area contributed by atoms with Crippen molar-refractivity contribution in [2.45, 2.75) is 32.4 Å². The van der Waals surface area contributed by atoms with E-state index in [1.165, 1.54) is 0 Å². The molecule has 0 aliphatic carbocycles. The van der Waals surface area contributed by atoms with Gasteiger partial charge >= 0.3 is 6.03 Å². The topological polar surface area (TPSA) is 44.6 Å². The minimum atomic E-state index is 0.243. The third-order valence-electron chi connectivity index (χ3n) is 4.71. The quantitative estimate of drug-likeness (QED) is 0.816. The van der Waals surface area contributed by atoms with Crippen molar-refractivity contribution in [2.75, 3.05) is 39.3 Å². The molecule has 0 spiro atoms. The molecule has 2 amide bonds. The average molecular weight is 291 g/mol. The summed E-state index contributed by atoms with van der Waals surface area (Å²) in [6.45, 7) is 8.86. The Balaban J connectivity index is 1.44. The van der Waals surface area contributed by atoms with Crippen molar-refractivity contribution < 1.29 is 4.79 Å². The van der Waals surface area contributed by atoms with E-state index in [1.54, 1.807) is 0 Å². The summed E-state index contributed by atoms with van der Waals surface area (Å²) in [5.41, 5.74) is 0. The molecule has 0 saturated carbocycles. The Bertz CT molecular complexity index is 453. The number of urea groups is 1. The van der Waals surface area contributed by atoms with Crippen LogP contribution in [0.5, 0.6) is 0 Å². The third kappa shape index (κ3) is 3.20. The van der Waals surface area contributed by atoms with Crippen LogP contribution in [0.2, 0.25) is 0 Å². The highest BCUT2D eigenvalue weighted by Crippen LogP contribution is 2.21. The number of piperidine rings is 1. The zero-order valence-electron chi connectivity index (χ0n) is 12.8. The molecule has 6 heteroatoms. The number of hydrogen-bond acceptors (Lipinski definition) is 3. The predicted molar refractivity (Wildman–Crippen MR) is 81.0 cm³/mol. The summed E-state index contributed by atoms with van der Waals surface area (Å²) in [6.07, 6.45) is 6.03. The smallest absolute Gasteiger partial charge is 0.320 e. The molecule has 21 heavy (non-hydrogen) atoms. The molecule has 2 aliphatic heterocycles. The van der Waals surface area contributed by atoms with Gasteiger partial charge in [-0.1, -0.05) is 0 Å². The van der Waals surface area contributed by atoms with Gasteiger partial charge in [0.25, 0.3) is 0 Å². The average Bonchev–Trinajstić information content (AvgIpc) is 3.15. The minimum absolute atomic E-state index is 0.243. The van der Waals surface area contributed by atoms with Crippen molar-refractivity contribution in [1.82, 2.24) is 24.5 Å². The first-order valence-corrected chi connectivity index (χ1v) is 8.03. The van der Waals surface area contributed by atoms with Crippen LogP contribution >= 0.6 is 0 Å². The molecule has 2 fully saturated rings. The van der Waals surface area contributed by atoms with Crippen LogP contribution in [0.1, 0.15) is 19.8 Å². The lowest BCUT2D eigenvalue weighted by Gasteiger charge is -2.36. The second kappa shape index (κ2) is 6.47. The first-order chi connectivity index (χ1) is 10.3. The summed E-state index contributed by atoms with van der Waals surface area (Å²) in [5.74, 6) is 0. The van der Waals surface area contributed by atoms with Gasteiger partial charge in [0.15, 0.2) is 0 Å². The van der Waals surface area contributed by atoms with Crippen LogP contribution in [-0.2, 0) is 6.54 Å². The number of carbonyl (C=O) groups is 1. The number of hydrogen-bond donors (Lipinski definition) is 0. The van der Waals surface area contributed by atoms with E-state index in [0.29, 0.717) is 6.04 Å². The van der Waals surface area contributed by atoms with E-state index in [2.05, 4.69) is 21.8 Å². The Kier molecular flexibility index (Phi) is 4.43. The van der Waals surface area contributed by atoms with Gasteiger partial charge in [-0.2, -0.15) is 5.10 Å². The van der Waals surface area contributed by atoms with Gasteiger partial charge in [0, 0.05) is 57.7 Å². The summed E-state index contributed by atoms with van der Waals surface area (Å²) < 4.78 is 1.98. The Morgan fingerprint density at radius 3 is 2.62 bits per heavy atom. The molecule has 0 unspecified atom stereocenters. The first-order valence-electron chi connectivity index (χ1n) is 8.03. The molecule has 1 aromatic heterocycles. The molecule has 0 bridgehead atoms. The van der Waals surface area contributed by atoms with Gasteiger partial charge in [-0.15, -0.1) is 0 Å². The van der Waals surface area contributed by atoms with Crippen LogP contribution < -0.4 is 0 Å². The number of rotatable bonds is 5. The fourth-order valence-corrected chi connectivity index (χ4v) is 3.36. The molecule has 1 aromatic rings. The summed E-state index contributed by atoms with van der Waals surface area (Å²) in [5, 5.41) is 4.24. The van der Waals surface area contributed by atoms with Crippen LogP contribution in [0, 0.1) is 0 Å². The van der Waals surface area contributed by atoms with Crippen LogP contribution in [0.25, 0.3) is 0 Å². The van der Waals surface area contributed by atoms with E-state index < -0.39 is 0 Å². The van der Waals surface area contributed by atoms with Gasteiger partial charge in [-0.05, 0) is 25.8 Å². The second-order valence-corrected chi connectivity index (χ2v) is 5.90. The number of nitrogens with zero attached hydrogens (tertiary/aromatic N) is 5. The third-order valence-corrected chi connectivity index (χ3v) is 4.71. The largest absolute Gasteiger partial charge is 0.323 e. The number of carbonyl (C=O) groups excluding carboxylic acids is 1. The van der Waals surface area contributed by atoms with Crippen LogP contribution in [0.15, 0.2) is 18.5 Å². The maximum Gasteiger partial charge on any atom is 0.320 e. The van der Waals surface area contributed by atoms with Gasteiger partial charge in [0.1, 0.15) is 0 Å². The molecule has 0 N–H and O–H groups in total. The summed E-state index contributed by atoms with van der Waals surface area (Å²) in [7, 11) is 0. The van der Waals surface area contributed by atoms with E-state index in [0.717, 1.165) is 58.7 Å². The second-order valence-electron chi connectivity index (χ2n) is 5.90. The van der Waals surface area contributed by atoms with Crippen LogP contribution in [0.3, 0.4) is 0 Å². The zero-order valence-corrected chi connectivity index (χ0v) is 12.8. The molecule has 2 saturated heterocycles. The predicted octanol–water partition coefficient (Wildman–Crippen LogP) is 1.10. The Morgan fingerprint density at radius 1 is 1.19 bits per heavy atom. The van der Waals surface area contributed by atoms with Gasteiger partial charge in [0.05, 0.1) is 6.54 Å². The Labute approximate surface area is 126 Å². The highest BCUT2D eigenvalue weighted by Gasteiger charge is 2.34. The molecule has 0 atom stereocenters. The molecule has 0 aromatic carbocycles. The van der Waals surface area contributed by atoms with E-state index in [-0.39, 0.29) is 6.03 Å². The summed E-state index contributed by atoms with van der Waals surface area (Å²) in [4.78, 5) is 18.7. The first kappa shape index (κ1) is 14.4. The van der Waals surface area contributed by atoms with Crippen molar-refractivity contribution in [3.05, 3.63) is 18.5 Å². The molecule has 0 radical (unpaired) electrons. The standard InChI is InChI=1S/C15H25N5O/c1-2-18-11-13-20(15(18)21)14-4-8-17(9-5-14)10-12-19-7-3-6-16-19/h3,6-7,14H,2,4-5,8-13H2,1H3. The lowest BCUT2D eigenvalue weighted by Crippen LogP contribution is -2.47. The molecular formula is C15H25N5O. The van der Waals surface area contributed by atoms with E-state index >= 15 is 0 Å². The van der Waals surface area contributed by atoms with E-state index in [1.807, 2.05) is 28.0 Å². The summed E-state index contributed by atoms with van der Waals surface area (Å²) in [6, 6.07) is 2.65. The van der Waals surface area contributed by atoms with Crippen LogP contribution in [-0.4, -0.2) is 75.8 Å². The fourth-order valence-electron chi connectivity index (χ4n) is 3.36. The molecule has 3 heterocycles. The highest BCUT2D eigenvalue weighted by atomic mass is 16.2. The molecule has 2 aliphatic rings. The monoisotopic (exact) mass is 291 g/mol. The summed E-state index contributed by atoms with van der Waals surface area (Å²) >= 11 is 0. The van der Waals surface area contributed by atoms with Gasteiger partial charge in [-0.3, -0.25) is 4.68 Å². The van der Waals surface area contributed by atoms with Crippen molar-refractivity contribution in [3.8, 4) is 0 Å². The minimum Gasteiger partial charge on any atom is -0.323 e. The zero-order chi connectivity index (χ0) is 14.7. The molecule has 6 nitrogen and oxygen atoms in total. The molecule has 3 rings (SSSR count). The highest BCUT2D eigenvalue weighted by molar-refractivity contribution is 5.76. The molecular weight excluding hydrogens is 266 g/mol. The number of likely N-dealkylation sites (N-methyl/N-ethyl adjacent to an activating group) is 1. The van der Waals surface area contributed by atoms with E-state index in [4.69, 9.17) is 0 Å². The lowest BCUT2D eigenvalue weighted by atomic mass is 10.0. The van der Waals surface area contributed by atoms with Crippen molar-refractivity contribution in [3.63, 3.8) is 0 Å². The number of amides is 2. The van der Waals surface area contributed by atoms with Crippen molar-refractivity contribution >= 4 is 6.03 Å². The van der Waals surface area contributed by atoms with Gasteiger partial charge in [-0.25, -0.2) is 4.79 Å². The SMILES string of the molecule is CCN1CCN(C2CCN(CCn3cccn3)CC2)C1=O. The number of aromatic nitrogens is 2. The van der Waals surface area contributed by atoms with Crippen molar-refractivity contribution in [1.29, 1.82) is 0 Å². The normalized spacial score (nSPS) is 21.5. The Hall–Kier alpha value is -1.56. The fraction of sp³-hybridized carbons (Fsp3) is 0.733. The Morgan fingerprint density at radius 2 is 2.00 bits per heavy atom. The van der Waals surface area contributed by atoms with Gasteiger partial charge in [0.2, 0.25) is 0 Å². The van der Waals surface area contributed by atoms with Gasteiger partial charge < -0.3 is 14.7 Å². The van der Waals surface area contributed by atoms with Crippen molar-refractivity contribution in [2.24, 2.45) is 0 Å². The number of likely N-dealkylation sites (tertiary alicyclic amines) is 1.